The van der Waals surface area contributed by atoms with Crippen LogP contribution >= 0.6 is 0 Å². The highest BCUT2D eigenvalue weighted by atomic mass is 16.7. The molecule has 0 amide bonds. The zero-order valence-electron chi connectivity index (χ0n) is 10.2. The van der Waals surface area contributed by atoms with E-state index in [0.29, 0.717) is 12.2 Å². The summed E-state index contributed by atoms with van der Waals surface area (Å²) < 4.78 is 10.9. The molecule has 1 aromatic carbocycles. The molecule has 1 aromatic rings. The highest BCUT2D eigenvalue weighted by Gasteiger charge is 2.12. The van der Waals surface area contributed by atoms with E-state index >= 15 is 0 Å². The van der Waals surface area contributed by atoms with Gasteiger partial charge < -0.3 is 9.47 Å². The molecule has 1 saturated heterocycles. The van der Waals surface area contributed by atoms with E-state index < -0.39 is 0 Å². The molecule has 0 aromatic heterocycles. The topological polar surface area (TPSA) is 35.5 Å². The molecule has 18 heavy (non-hydrogen) atoms. The number of benzene rings is 1. The molecule has 0 aliphatic carbocycles. The molecule has 0 N–H and O–H groups in total. The van der Waals surface area contributed by atoms with Gasteiger partial charge in [0, 0.05) is 17.7 Å². The minimum Gasteiger partial charge on any atom is -0.353 e. The van der Waals surface area contributed by atoms with Crippen molar-refractivity contribution in [2.75, 3.05) is 13.2 Å². The summed E-state index contributed by atoms with van der Waals surface area (Å²) in [5.41, 5.74) is 1.35. The van der Waals surface area contributed by atoms with Crippen LogP contribution in [0.1, 0.15) is 35.2 Å². The summed E-state index contributed by atoms with van der Waals surface area (Å²) in [4.78, 5) is 10.8. The predicted molar refractivity (Wildman–Crippen MR) is 68.3 cm³/mol. The molecule has 0 bridgehead atoms. The minimum absolute atomic E-state index is 0.116. The van der Waals surface area contributed by atoms with Crippen molar-refractivity contribution in [1.29, 1.82) is 0 Å². The molecule has 1 aliphatic rings. The Kier molecular flexibility index (Phi) is 4.95. The predicted octanol–water partition coefficient (Wildman–Crippen LogP) is 2.39. The summed E-state index contributed by atoms with van der Waals surface area (Å²) in [6, 6.07) is 7.26. The van der Waals surface area contributed by atoms with Crippen molar-refractivity contribution in [2.24, 2.45) is 0 Å². The van der Waals surface area contributed by atoms with Gasteiger partial charge in [-0.3, -0.25) is 4.79 Å². The fourth-order valence-corrected chi connectivity index (χ4v) is 1.82. The maximum atomic E-state index is 10.8. The van der Waals surface area contributed by atoms with E-state index in [1.807, 2.05) is 18.2 Å². The lowest BCUT2D eigenvalue weighted by atomic mass is 10.1. The monoisotopic (exact) mass is 244 g/mol. The highest BCUT2D eigenvalue weighted by molar-refractivity contribution is 5.79. The molecule has 1 atom stereocenters. The summed E-state index contributed by atoms with van der Waals surface area (Å²) >= 11 is 0. The quantitative estimate of drug-likeness (QED) is 0.605. The number of hydrogen-bond acceptors (Lipinski definition) is 3. The summed E-state index contributed by atoms with van der Waals surface area (Å²) in [6.45, 7) is 1.10. The second-order valence-corrected chi connectivity index (χ2v) is 4.11. The summed E-state index contributed by atoms with van der Waals surface area (Å²) in [7, 11) is 0. The Morgan fingerprint density at radius 1 is 1.39 bits per heavy atom. The van der Waals surface area contributed by atoms with Gasteiger partial charge in [0.1, 0.15) is 6.61 Å². The Morgan fingerprint density at radius 2 is 2.28 bits per heavy atom. The highest BCUT2D eigenvalue weighted by Crippen LogP contribution is 2.13. The van der Waals surface area contributed by atoms with Gasteiger partial charge in [0.2, 0.25) is 0 Å². The van der Waals surface area contributed by atoms with E-state index in [4.69, 9.17) is 9.47 Å². The van der Waals surface area contributed by atoms with Gasteiger partial charge in [-0.1, -0.05) is 30.0 Å². The molecule has 94 valence electrons. The van der Waals surface area contributed by atoms with Crippen molar-refractivity contribution in [3.63, 3.8) is 0 Å². The van der Waals surface area contributed by atoms with E-state index in [-0.39, 0.29) is 6.29 Å². The van der Waals surface area contributed by atoms with Crippen molar-refractivity contribution < 1.29 is 14.3 Å². The third-order valence-corrected chi connectivity index (χ3v) is 2.79. The van der Waals surface area contributed by atoms with Gasteiger partial charge in [-0.25, -0.2) is 0 Å². The lowest BCUT2D eigenvalue weighted by Crippen LogP contribution is -2.22. The molecule has 3 heteroatoms. The van der Waals surface area contributed by atoms with E-state index in [1.165, 1.54) is 0 Å². The summed E-state index contributed by atoms with van der Waals surface area (Å²) in [5.74, 6) is 5.85. The molecule has 0 radical (unpaired) electrons. The van der Waals surface area contributed by atoms with Crippen LogP contribution in [0.2, 0.25) is 0 Å². The molecule has 0 saturated carbocycles. The summed E-state index contributed by atoms with van der Waals surface area (Å²) in [5, 5.41) is 0. The second kappa shape index (κ2) is 6.95. The zero-order valence-corrected chi connectivity index (χ0v) is 10.2. The van der Waals surface area contributed by atoms with Crippen molar-refractivity contribution >= 4 is 6.29 Å². The van der Waals surface area contributed by atoms with Crippen LogP contribution in [0.3, 0.4) is 0 Å². The first-order valence-electron chi connectivity index (χ1n) is 6.16. The third-order valence-electron chi connectivity index (χ3n) is 2.79. The number of carbonyl (C=O) groups excluding carboxylic acids is 1. The Morgan fingerprint density at radius 3 is 3.06 bits per heavy atom. The van der Waals surface area contributed by atoms with E-state index in [9.17, 15) is 4.79 Å². The van der Waals surface area contributed by atoms with Crippen LogP contribution in [0.25, 0.3) is 0 Å². The van der Waals surface area contributed by atoms with Gasteiger partial charge in [0.25, 0.3) is 0 Å². The maximum absolute atomic E-state index is 10.8. The van der Waals surface area contributed by atoms with Crippen LogP contribution in [0.4, 0.5) is 0 Å². The maximum Gasteiger partial charge on any atom is 0.158 e. The molecule has 0 spiro atoms. The van der Waals surface area contributed by atoms with Crippen molar-refractivity contribution in [1.82, 2.24) is 0 Å². The Hall–Kier alpha value is -1.63. The lowest BCUT2D eigenvalue weighted by molar-refractivity contribution is -0.154. The molecule has 1 unspecified atom stereocenters. The number of aldehydes is 1. The third kappa shape index (κ3) is 3.69. The number of rotatable bonds is 3. The first kappa shape index (κ1) is 12.8. The Bertz CT molecular complexity index is 450. The van der Waals surface area contributed by atoms with E-state index in [1.54, 1.807) is 6.07 Å². The van der Waals surface area contributed by atoms with Gasteiger partial charge in [-0.15, -0.1) is 0 Å². The molecule has 3 nitrogen and oxygen atoms in total. The van der Waals surface area contributed by atoms with Crippen LogP contribution in [0, 0.1) is 11.8 Å². The Balaban J connectivity index is 1.86. The first-order chi connectivity index (χ1) is 8.90. The molecular formula is C15H16O3. The normalized spacial score (nSPS) is 18.8. The van der Waals surface area contributed by atoms with E-state index in [0.717, 1.165) is 37.7 Å². The number of hydrogen-bond donors (Lipinski definition) is 0. The average molecular weight is 244 g/mol. The number of ether oxygens (including phenoxy) is 2. The Labute approximate surface area is 107 Å². The zero-order chi connectivity index (χ0) is 12.6. The minimum atomic E-state index is -0.116. The van der Waals surface area contributed by atoms with Crippen LogP contribution in [-0.4, -0.2) is 25.8 Å². The van der Waals surface area contributed by atoms with Crippen LogP contribution in [0.15, 0.2) is 24.3 Å². The molecule has 1 aliphatic heterocycles. The van der Waals surface area contributed by atoms with Crippen molar-refractivity contribution in [3.05, 3.63) is 35.4 Å². The number of carbonyl (C=O) groups is 1. The molecule has 1 heterocycles. The molecule has 2 rings (SSSR count). The van der Waals surface area contributed by atoms with Crippen molar-refractivity contribution in [3.8, 4) is 11.8 Å². The molecule has 1 fully saturated rings. The lowest BCUT2D eigenvalue weighted by Gasteiger charge is -2.21. The average Bonchev–Trinajstić information content (AvgIpc) is 2.45. The first-order valence-corrected chi connectivity index (χ1v) is 6.16. The SMILES string of the molecule is O=Cc1ccccc1C#CCOC1CCCCO1. The van der Waals surface area contributed by atoms with Gasteiger partial charge in [-0.2, -0.15) is 0 Å². The largest absolute Gasteiger partial charge is 0.353 e. The second-order valence-electron chi connectivity index (χ2n) is 4.11. The van der Waals surface area contributed by atoms with Gasteiger partial charge in [0.15, 0.2) is 12.6 Å². The van der Waals surface area contributed by atoms with Gasteiger partial charge >= 0.3 is 0 Å². The fourth-order valence-electron chi connectivity index (χ4n) is 1.82. The van der Waals surface area contributed by atoms with Crippen LogP contribution in [-0.2, 0) is 9.47 Å². The van der Waals surface area contributed by atoms with Gasteiger partial charge in [0.05, 0.1) is 0 Å². The van der Waals surface area contributed by atoms with E-state index in [2.05, 4.69) is 11.8 Å². The van der Waals surface area contributed by atoms with Crippen LogP contribution in [0.5, 0.6) is 0 Å². The fraction of sp³-hybridized carbons (Fsp3) is 0.400. The summed E-state index contributed by atoms with van der Waals surface area (Å²) in [6.07, 6.45) is 3.89. The molecular weight excluding hydrogens is 228 g/mol. The standard InChI is InChI=1S/C15H16O3/c16-12-14-7-2-1-6-13(14)8-5-11-18-15-9-3-4-10-17-15/h1-2,6-7,12,15H,3-4,9-11H2. The van der Waals surface area contributed by atoms with Crippen molar-refractivity contribution in [2.45, 2.75) is 25.6 Å². The van der Waals surface area contributed by atoms with Crippen LogP contribution < -0.4 is 0 Å². The smallest absolute Gasteiger partial charge is 0.158 e. The van der Waals surface area contributed by atoms with Gasteiger partial charge in [-0.05, 0) is 25.3 Å².